The van der Waals surface area contributed by atoms with E-state index in [0.29, 0.717) is 22.2 Å². The first-order chi connectivity index (χ1) is 11.3. The van der Waals surface area contributed by atoms with Crippen LogP contribution in [0, 0.1) is 11.6 Å². The second kappa shape index (κ2) is 7.31. The van der Waals surface area contributed by atoms with E-state index in [1.54, 1.807) is 24.3 Å². The molecule has 0 atom stereocenters. The maximum atomic E-state index is 13.8. The van der Waals surface area contributed by atoms with Crippen molar-refractivity contribution in [2.75, 3.05) is 7.05 Å². The summed E-state index contributed by atoms with van der Waals surface area (Å²) in [4.78, 5) is 23.0. The van der Waals surface area contributed by atoms with E-state index in [0.717, 1.165) is 11.2 Å². The van der Waals surface area contributed by atoms with Gasteiger partial charge in [0.25, 0.3) is 5.91 Å². The molecule has 5 nitrogen and oxygen atoms in total. The van der Waals surface area contributed by atoms with E-state index in [4.69, 9.17) is 5.11 Å². The van der Waals surface area contributed by atoms with Gasteiger partial charge in [-0.15, -0.1) is 0 Å². The van der Waals surface area contributed by atoms with Crippen LogP contribution >= 0.6 is 15.9 Å². The standard InChI is InChI=1S/C16H11BrF2N2O3/c1-21(15(22)10-4-2-3-5-12(10)17)20-8-11-13(18)6-9(16(23)24)7-14(11)19/h2-8H,1H3,(H,23,24). The molecule has 0 aliphatic rings. The van der Waals surface area contributed by atoms with Crippen LogP contribution in [0.1, 0.15) is 26.3 Å². The van der Waals surface area contributed by atoms with Gasteiger partial charge in [-0.1, -0.05) is 12.1 Å². The minimum absolute atomic E-state index is 0.333. The van der Waals surface area contributed by atoms with Gasteiger partial charge in [0.05, 0.1) is 22.9 Å². The number of halogens is 3. The second-order valence-corrected chi connectivity index (χ2v) is 5.57. The lowest BCUT2D eigenvalue weighted by atomic mass is 10.1. The largest absolute Gasteiger partial charge is 0.478 e. The molecule has 2 rings (SSSR count). The number of carbonyl (C=O) groups is 2. The minimum Gasteiger partial charge on any atom is -0.478 e. The summed E-state index contributed by atoms with van der Waals surface area (Å²) in [5, 5.41) is 13.4. The number of carboxylic acid groups (broad SMARTS) is 1. The van der Waals surface area contributed by atoms with Crippen molar-refractivity contribution >= 4 is 34.0 Å². The lowest BCUT2D eigenvalue weighted by molar-refractivity contribution is 0.0695. The Morgan fingerprint density at radius 1 is 1.21 bits per heavy atom. The van der Waals surface area contributed by atoms with E-state index < -0.39 is 34.6 Å². The lowest BCUT2D eigenvalue weighted by Crippen LogP contribution is -2.22. The molecule has 0 saturated carbocycles. The van der Waals surface area contributed by atoms with Crippen LogP contribution < -0.4 is 0 Å². The van der Waals surface area contributed by atoms with Crippen molar-refractivity contribution in [3.05, 3.63) is 69.2 Å². The third-order valence-electron chi connectivity index (χ3n) is 3.08. The van der Waals surface area contributed by atoms with Gasteiger partial charge in [-0.3, -0.25) is 4.79 Å². The first kappa shape index (κ1) is 17.7. The van der Waals surface area contributed by atoms with Crippen LogP contribution in [-0.2, 0) is 0 Å². The third-order valence-corrected chi connectivity index (χ3v) is 3.78. The smallest absolute Gasteiger partial charge is 0.335 e. The molecular weight excluding hydrogens is 386 g/mol. The molecule has 24 heavy (non-hydrogen) atoms. The molecule has 0 aliphatic carbocycles. The van der Waals surface area contributed by atoms with E-state index in [1.807, 2.05) is 0 Å². The Morgan fingerprint density at radius 3 is 2.33 bits per heavy atom. The molecular formula is C16H11BrF2N2O3. The molecule has 1 N–H and O–H groups in total. The van der Waals surface area contributed by atoms with Crippen LogP contribution in [0.2, 0.25) is 0 Å². The zero-order valence-corrected chi connectivity index (χ0v) is 13.9. The molecule has 0 unspecified atom stereocenters. The molecule has 0 bridgehead atoms. The number of hydrogen-bond donors (Lipinski definition) is 1. The van der Waals surface area contributed by atoms with Gasteiger partial charge in [-0.2, -0.15) is 5.10 Å². The number of hydrogen-bond acceptors (Lipinski definition) is 3. The van der Waals surface area contributed by atoms with E-state index in [-0.39, 0.29) is 0 Å². The average Bonchev–Trinajstić information content (AvgIpc) is 2.53. The molecule has 2 aromatic carbocycles. The highest BCUT2D eigenvalue weighted by molar-refractivity contribution is 9.10. The summed E-state index contributed by atoms with van der Waals surface area (Å²) in [5.41, 5.74) is -0.717. The second-order valence-electron chi connectivity index (χ2n) is 4.71. The Balaban J connectivity index is 2.26. The summed E-state index contributed by atoms with van der Waals surface area (Å²) in [6.45, 7) is 0. The van der Waals surface area contributed by atoms with Gasteiger partial charge in [0.1, 0.15) is 11.6 Å². The highest BCUT2D eigenvalue weighted by Crippen LogP contribution is 2.18. The lowest BCUT2D eigenvalue weighted by Gasteiger charge is -2.12. The Morgan fingerprint density at radius 2 is 1.79 bits per heavy atom. The van der Waals surface area contributed by atoms with Crippen molar-refractivity contribution in [3.8, 4) is 0 Å². The van der Waals surface area contributed by atoms with Gasteiger partial charge in [0.15, 0.2) is 0 Å². The fourth-order valence-electron chi connectivity index (χ4n) is 1.84. The van der Waals surface area contributed by atoms with Crippen LogP contribution in [-0.4, -0.2) is 35.3 Å². The van der Waals surface area contributed by atoms with Crippen LogP contribution in [0.5, 0.6) is 0 Å². The van der Waals surface area contributed by atoms with Gasteiger partial charge in [-0.05, 0) is 40.2 Å². The SMILES string of the molecule is CN(N=Cc1c(F)cc(C(=O)O)cc1F)C(=O)c1ccccc1Br. The van der Waals surface area contributed by atoms with Crippen LogP contribution in [0.4, 0.5) is 8.78 Å². The maximum Gasteiger partial charge on any atom is 0.335 e. The highest BCUT2D eigenvalue weighted by Gasteiger charge is 2.16. The average molecular weight is 397 g/mol. The molecule has 0 aliphatic heterocycles. The molecule has 0 spiro atoms. The zero-order valence-electron chi connectivity index (χ0n) is 12.3. The van der Waals surface area contributed by atoms with Crippen molar-refractivity contribution in [1.82, 2.24) is 5.01 Å². The summed E-state index contributed by atoms with van der Waals surface area (Å²) in [6, 6.07) is 8.01. The maximum absolute atomic E-state index is 13.8. The number of amides is 1. The predicted octanol–water partition coefficient (Wildman–Crippen LogP) is 3.53. The number of carboxylic acids is 1. The molecule has 0 heterocycles. The quantitative estimate of drug-likeness (QED) is 0.634. The molecule has 0 fully saturated rings. The molecule has 0 radical (unpaired) electrons. The first-order valence-corrected chi connectivity index (χ1v) is 7.39. The Hall–Kier alpha value is -2.61. The van der Waals surface area contributed by atoms with E-state index in [9.17, 15) is 18.4 Å². The first-order valence-electron chi connectivity index (χ1n) is 6.60. The van der Waals surface area contributed by atoms with E-state index in [1.165, 1.54) is 7.05 Å². The Kier molecular flexibility index (Phi) is 5.40. The minimum atomic E-state index is -1.45. The summed E-state index contributed by atoms with van der Waals surface area (Å²) < 4.78 is 28.2. The molecule has 2 aromatic rings. The van der Waals surface area contributed by atoms with Gasteiger partial charge < -0.3 is 5.11 Å². The van der Waals surface area contributed by atoms with Crippen molar-refractivity contribution < 1.29 is 23.5 Å². The molecule has 124 valence electrons. The molecule has 0 saturated heterocycles. The summed E-state index contributed by atoms with van der Waals surface area (Å²) in [5.74, 6) is -4.10. The van der Waals surface area contributed by atoms with Crippen LogP contribution in [0.3, 0.4) is 0 Å². The number of nitrogens with zero attached hydrogens (tertiary/aromatic N) is 2. The van der Waals surface area contributed by atoms with Crippen LogP contribution in [0.15, 0.2) is 46.0 Å². The number of aromatic carboxylic acids is 1. The molecule has 0 aromatic heterocycles. The predicted molar refractivity (Wildman–Crippen MR) is 87.1 cm³/mol. The fraction of sp³-hybridized carbons (Fsp3) is 0.0625. The number of rotatable bonds is 4. The van der Waals surface area contributed by atoms with Crippen molar-refractivity contribution in [2.24, 2.45) is 5.10 Å². The van der Waals surface area contributed by atoms with Crippen molar-refractivity contribution in [2.45, 2.75) is 0 Å². The number of hydrazone groups is 1. The fourth-order valence-corrected chi connectivity index (χ4v) is 2.29. The third kappa shape index (κ3) is 3.83. The summed E-state index contributed by atoms with van der Waals surface area (Å²) in [6.07, 6.45) is 0.824. The van der Waals surface area contributed by atoms with Gasteiger partial charge in [0.2, 0.25) is 0 Å². The van der Waals surface area contributed by atoms with Crippen molar-refractivity contribution in [3.63, 3.8) is 0 Å². The van der Waals surface area contributed by atoms with Crippen molar-refractivity contribution in [1.29, 1.82) is 0 Å². The zero-order chi connectivity index (χ0) is 17.9. The summed E-state index contributed by atoms with van der Waals surface area (Å²) >= 11 is 3.23. The Labute approximate surface area is 144 Å². The topological polar surface area (TPSA) is 70.0 Å². The normalized spacial score (nSPS) is 10.8. The highest BCUT2D eigenvalue weighted by atomic mass is 79.9. The van der Waals surface area contributed by atoms with E-state index >= 15 is 0 Å². The molecule has 8 heteroatoms. The molecule has 1 amide bonds. The Bertz CT molecular complexity index is 817. The number of benzene rings is 2. The van der Waals surface area contributed by atoms with Gasteiger partial charge in [0, 0.05) is 11.5 Å². The monoisotopic (exact) mass is 396 g/mol. The van der Waals surface area contributed by atoms with Gasteiger partial charge in [-0.25, -0.2) is 18.6 Å². The van der Waals surface area contributed by atoms with E-state index in [2.05, 4.69) is 21.0 Å². The summed E-state index contributed by atoms with van der Waals surface area (Å²) in [7, 11) is 1.33. The van der Waals surface area contributed by atoms with Gasteiger partial charge >= 0.3 is 5.97 Å². The van der Waals surface area contributed by atoms with Crippen LogP contribution in [0.25, 0.3) is 0 Å². The number of carbonyl (C=O) groups excluding carboxylic acids is 1.